The molecule has 0 atom stereocenters. The highest BCUT2D eigenvalue weighted by molar-refractivity contribution is 7.19. The number of esters is 1. The van der Waals surface area contributed by atoms with Gasteiger partial charge >= 0.3 is 5.97 Å². The number of rotatable bonds is 4. The van der Waals surface area contributed by atoms with Gasteiger partial charge in [-0.3, -0.25) is 4.68 Å². The van der Waals surface area contributed by atoms with Gasteiger partial charge in [-0.1, -0.05) is 11.6 Å². The van der Waals surface area contributed by atoms with Gasteiger partial charge < -0.3 is 4.74 Å². The van der Waals surface area contributed by atoms with E-state index in [1.807, 2.05) is 0 Å². The third kappa shape index (κ3) is 3.07. The average Bonchev–Trinajstić information content (AvgIpc) is 3.09. The van der Waals surface area contributed by atoms with Crippen LogP contribution in [-0.4, -0.2) is 29.3 Å². The summed E-state index contributed by atoms with van der Waals surface area (Å²) in [5.74, 6) is -0.497. The van der Waals surface area contributed by atoms with Gasteiger partial charge in [0.1, 0.15) is 12.2 Å². The van der Waals surface area contributed by atoms with E-state index in [-0.39, 0.29) is 0 Å². The Balaban J connectivity index is 2.21. The minimum absolute atomic E-state index is 0.334. The molecule has 2 aromatic heterocycles. The van der Waals surface area contributed by atoms with Gasteiger partial charge in [-0.15, -0.1) is 11.3 Å². The molecule has 2 heterocycles. The molecule has 1 aromatic carbocycles. The lowest BCUT2D eigenvalue weighted by atomic mass is 10.1. The van der Waals surface area contributed by atoms with Gasteiger partial charge in [-0.25, -0.2) is 13.6 Å². The fraction of sp³-hybridized carbons (Fsp3) is 0.200. The molecule has 120 valence electrons. The van der Waals surface area contributed by atoms with Crippen LogP contribution in [0.25, 0.3) is 21.5 Å². The van der Waals surface area contributed by atoms with Crippen molar-refractivity contribution in [2.75, 3.05) is 7.11 Å². The summed E-state index contributed by atoms with van der Waals surface area (Å²) in [6.07, 6.45) is -2.53. The summed E-state index contributed by atoms with van der Waals surface area (Å²) >= 11 is 7.24. The van der Waals surface area contributed by atoms with Gasteiger partial charge in [0.2, 0.25) is 0 Å². The smallest absolute Gasteiger partial charge is 0.337 e. The highest BCUT2D eigenvalue weighted by atomic mass is 35.5. The second-order valence-electron chi connectivity index (χ2n) is 4.75. The molecule has 0 spiro atoms. The molecule has 0 bridgehead atoms. The largest absolute Gasteiger partial charge is 0.465 e. The van der Waals surface area contributed by atoms with Crippen molar-refractivity contribution in [1.82, 2.24) is 9.78 Å². The third-order valence-corrected chi connectivity index (χ3v) is 4.53. The number of hydrogen-bond donors (Lipinski definition) is 0. The van der Waals surface area contributed by atoms with E-state index in [0.717, 1.165) is 4.88 Å². The Hall–Kier alpha value is -1.99. The van der Waals surface area contributed by atoms with Crippen LogP contribution >= 0.6 is 22.9 Å². The molecule has 8 heteroatoms. The molecule has 0 amide bonds. The van der Waals surface area contributed by atoms with Crippen LogP contribution in [0.3, 0.4) is 0 Å². The van der Waals surface area contributed by atoms with Gasteiger partial charge in [-0.05, 0) is 30.3 Å². The normalized spacial score (nSPS) is 11.3. The quantitative estimate of drug-likeness (QED) is 0.648. The molecule has 0 N–H and O–H groups in total. The zero-order valence-corrected chi connectivity index (χ0v) is 13.5. The summed E-state index contributed by atoms with van der Waals surface area (Å²) < 4.78 is 32.1. The van der Waals surface area contributed by atoms with Crippen molar-refractivity contribution < 1.29 is 18.3 Å². The summed E-state index contributed by atoms with van der Waals surface area (Å²) in [7, 11) is 1.28. The molecule has 3 aromatic rings. The number of nitrogens with zero attached hydrogens (tertiary/aromatic N) is 2. The molecule has 0 saturated heterocycles. The fourth-order valence-electron chi connectivity index (χ4n) is 2.32. The van der Waals surface area contributed by atoms with Crippen molar-refractivity contribution in [2.45, 2.75) is 13.0 Å². The molecule has 0 unspecified atom stereocenters. The molecule has 0 aliphatic rings. The molecule has 0 aliphatic carbocycles. The Bertz CT molecular complexity index is 876. The van der Waals surface area contributed by atoms with Crippen LogP contribution in [-0.2, 0) is 11.3 Å². The van der Waals surface area contributed by atoms with E-state index in [9.17, 15) is 13.6 Å². The third-order valence-electron chi connectivity index (χ3n) is 3.29. The highest BCUT2D eigenvalue weighted by Crippen LogP contribution is 2.35. The number of thiophene rings is 1. The van der Waals surface area contributed by atoms with Crippen molar-refractivity contribution >= 4 is 39.8 Å². The Kier molecular flexibility index (Phi) is 4.32. The second kappa shape index (κ2) is 6.25. The SMILES string of the molecule is COC(=O)c1ccc2c(c1)c(-c1ccc(Cl)s1)nn2CC(F)F. The molecular weight excluding hydrogens is 346 g/mol. The Morgan fingerprint density at radius 3 is 2.78 bits per heavy atom. The lowest BCUT2D eigenvalue weighted by Gasteiger charge is -2.03. The highest BCUT2D eigenvalue weighted by Gasteiger charge is 2.18. The molecule has 23 heavy (non-hydrogen) atoms. The Labute approximate surface area is 139 Å². The number of hydrogen-bond acceptors (Lipinski definition) is 4. The first kappa shape index (κ1) is 15.9. The fourth-order valence-corrected chi connectivity index (χ4v) is 3.36. The summed E-state index contributed by atoms with van der Waals surface area (Å²) in [4.78, 5) is 12.5. The number of halogens is 3. The van der Waals surface area contributed by atoms with Crippen LogP contribution in [0.1, 0.15) is 10.4 Å². The monoisotopic (exact) mass is 356 g/mol. The lowest BCUT2D eigenvalue weighted by molar-refractivity contribution is 0.0601. The number of methoxy groups -OCH3 is 1. The van der Waals surface area contributed by atoms with Crippen LogP contribution in [0.15, 0.2) is 30.3 Å². The predicted octanol–water partition coefficient (Wildman–Crippen LogP) is 4.47. The topological polar surface area (TPSA) is 44.1 Å². The van der Waals surface area contributed by atoms with Gasteiger partial charge in [0.25, 0.3) is 6.43 Å². The maximum absolute atomic E-state index is 12.8. The van der Waals surface area contributed by atoms with E-state index in [0.29, 0.717) is 26.5 Å². The van der Waals surface area contributed by atoms with E-state index in [4.69, 9.17) is 16.3 Å². The van der Waals surface area contributed by atoms with Gasteiger partial charge in [0, 0.05) is 5.39 Å². The lowest BCUT2D eigenvalue weighted by Crippen LogP contribution is -2.08. The van der Waals surface area contributed by atoms with E-state index in [1.54, 1.807) is 24.3 Å². The minimum Gasteiger partial charge on any atom is -0.465 e. The average molecular weight is 357 g/mol. The van der Waals surface area contributed by atoms with Crippen molar-refractivity contribution in [3.63, 3.8) is 0 Å². The minimum atomic E-state index is -2.53. The Morgan fingerprint density at radius 2 is 2.17 bits per heavy atom. The Morgan fingerprint density at radius 1 is 1.39 bits per heavy atom. The molecule has 3 rings (SSSR count). The molecule has 4 nitrogen and oxygen atoms in total. The number of ether oxygens (including phenoxy) is 1. The maximum Gasteiger partial charge on any atom is 0.337 e. The molecule has 0 radical (unpaired) electrons. The van der Waals surface area contributed by atoms with Crippen LogP contribution in [0, 0.1) is 0 Å². The first-order valence-corrected chi connectivity index (χ1v) is 7.82. The van der Waals surface area contributed by atoms with Crippen molar-refractivity contribution in [2.24, 2.45) is 0 Å². The second-order valence-corrected chi connectivity index (χ2v) is 6.46. The summed E-state index contributed by atoms with van der Waals surface area (Å²) in [6, 6.07) is 8.20. The van der Waals surface area contributed by atoms with Crippen molar-refractivity contribution in [3.8, 4) is 10.6 Å². The summed E-state index contributed by atoms with van der Waals surface area (Å²) in [5, 5.41) is 4.88. The summed E-state index contributed by atoms with van der Waals surface area (Å²) in [5.41, 5.74) is 1.38. The van der Waals surface area contributed by atoms with Crippen LogP contribution in [0.2, 0.25) is 4.34 Å². The zero-order chi connectivity index (χ0) is 16.6. The summed E-state index contributed by atoms with van der Waals surface area (Å²) in [6.45, 7) is -0.521. The van der Waals surface area contributed by atoms with Gasteiger partial charge in [-0.2, -0.15) is 5.10 Å². The predicted molar refractivity (Wildman–Crippen MR) is 85.4 cm³/mol. The van der Waals surface area contributed by atoms with Crippen molar-refractivity contribution in [3.05, 3.63) is 40.2 Å². The van der Waals surface area contributed by atoms with Crippen molar-refractivity contribution in [1.29, 1.82) is 0 Å². The zero-order valence-electron chi connectivity index (χ0n) is 11.9. The van der Waals surface area contributed by atoms with Crippen LogP contribution in [0.5, 0.6) is 0 Å². The first-order chi connectivity index (χ1) is 11.0. The maximum atomic E-state index is 12.8. The molecule has 0 fully saturated rings. The molecule has 0 saturated carbocycles. The standard InChI is InChI=1S/C15H11ClF2N2O2S/c1-22-15(21)8-2-3-10-9(6-8)14(11-4-5-12(16)23-11)19-20(10)7-13(17)18/h2-6,13H,7H2,1H3. The van der Waals surface area contributed by atoms with E-state index in [1.165, 1.54) is 29.2 Å². The number of aromatic nitrogens is 2. The number of benzene rings is 1. The van der Waals surface area contributed by atoms with E-state index >= 15 is 0 Å². The number of carbonyl (C=O) groups excluding carboxylic acids is 1. The first-order valence-electron chi connectivity index (χ1n) is 6.62. The van der Waals surface area contributed by atoms with Gasteiger partial charge in [0.05, 0.1) is 27.4 Å². The van der Waals surface area contributed by atoms with Gasteiger partial charge in [0.15, 0.2) is 0 Å². The number of fused-ring (bicyclic) bond motifs is 1. The number of carbonyl (C=O) groups is 1. The molecular formula is C15H11ClF2N2O2S. The van der Waals surface area contributed by atoms with E-state index in [2.05, 4.69) is 5.10 Å². The number of alkyl halides is 2. The molecule has 0 aliphatic heterocycles. The van der Waals surface area contributed by atoms with Crippen LogP contribution < -0.4 is 0 Å². The van der Waals surface area contributed by atoms with E-state index < -0.39 is 18.9 Å². The van der Waals surface area contributed by atoms with Crippen LogP contribution in [0.4, 0.5) is 8.78 Å².